The van der Waals surface area contributed by atoms with Gasteiger partial charge in [0, 0.05) is 25.4 Å². The first-order valence-corrected chi connectivity index (χ1v) is 6.11. The molecule has 1 aliphatic rings. The predicted octanol–water partition coefficient (Wildman–Crippen LogP) is 0.749. The van der Waals surface area contributed by atoms with E-state index in [2.05, 4.69) is 27.8 Å². The van der Waals surface area contributed by atoms with Crippen LogP contribution in [0.15, 0.2) is 0 Å². The van der Waals surface area contributed by atoms with Crippen LogP contribution < -0.4 is 0 Å². The number of hydrogen-bond acceptors (Lipinski definition) is 4. The molecule has 5 nitrogen and oxygen atoms in total. The molecule has 6 heteroatoms. The number of carbonyl (C=O) groups is 1. The van der Waals surface area contributed by atoms with Crippen molar-refractivity contribution in [3.63, 3.8) is 0 Å². The topological polar surface area (TPSA) is 61.9 Å². The summed E-state index contributed by atoms with van der Waals surface area (Å²) >= 11 is 4.07. The van der Waals surface area contributed by atoms with Gasteiger partial charge in [-0.3, -0.25) is 9.89 Å². The molecule has 0 bridgehead atoms. The van der Waals surface area contributed by atoms with Gasteiger partial charge in [-0.05, 0) is 19.1 Å². The average molecular weight is 240 g/mol. The number of hydrogen-bond donors (Lipinski definition) is 2. The van der Waals surface area contributed by atoms with Crippen LogP contribution >= 0.6 is 12.6 Å². The minimum absolute atomic E-state index is 0.185. The van der Waals surface area contributed by atoms with Crippen molar-refractivity contribution in [3.8, 4) is 0 Å². The van der Waals surface area contributed by atoms with Crippen LogP contribution in [0.1, 0.15) is 30.4 Å². The molecule has 1 amide bonds. The molecule has 1 atom stereocenters. The zero-order chi connectivity index (χ0) is 11.5. The van der Waals surface area contributed by atoms with Gasteiger partial charge in [0.1, 0.15) is 5.82 Å². The van der Waals surface area contributed by atoms with Crippen molar-refractivity contribution in [1.82, 2.24) is 20.1 Å². The maximum Gasteiger partial charge on any atom is 0.223 e. The highest BCUT2D eigenvalue weighted by Gasteiger charge is 2.29. The number of thiol groups is 1. The van der Waals surface area contributed by atoms with E-state index in [1.165, 1.54) is 0 Å². The Bertz CT molecular complexity index is 379. The fourth-order valence-corrected chi connectivity index (χ4v) is 2.19. The third-order valence-electron chi connectivity index (χ3n) is 2.85. The molecule has 88 valence electrons. The van der Waals surface area contributed by atoms with Crippen molar-refractivity contribution in [2.45, 2.75) is 25.7 Å². The summed E-state index contributed by atoms with van der Waals surface area (Å²) in [7, 11) is 0. The molecule has 16 heavy (non-hydrogen) atoms. The van der Waals surface area contributed by atoms with Crippen LogP contribution in [0.2, 0.25) is 0 Å². The lowest BCUT2D eigenvalue weighted by atomic mass is 10.1. The van der Waals surface area contributed by atoms with Gasteiger partial charge >= 0.3 is 0 Å². The summed E-state index contributed by atoms with van der Waals surface area (Å²) in [6, 6.07) is 0. The molecular weight excluding hydrogens is 224 g/mol. The lowest BCUT2D eigenvalue weighted by molar-refractivity contribution is -0.129. The zero-order valence-corrected chi connectivity index (χ0v) is 10.2. The summed E-state index contributed by atoms with van der Waals surface area (Å²) in [6.45, 7) is 3.43. The quantitative estimate of drug-likeness (QED) is 0.766. The third kappa shape index (κ3) is 2.37. The smallest absolute Gasteiger partial charge is 0.223 e. The Kier molecular flexibility index (Phi) is 3.48. The van der Waals surface area contributed by atoms with Crippen molar-refractivity contribution in [1.29, 1.82) is 0 Å². The summed E-state index contributed by atoms with van der Waals surface area (Å²) in [5.41, 5.74) is 0. The SMILES string of the molecule is Cc1nc(C2CCN(C(=O)CCS)C2)n[nH]1. The highest BCUT2D eigenvalue weighted by molar-refractivity contribution is 7.80. The number of nitrogens with zero attached hydrogens (tertiary/aromatic N) is 3. The number of carbonyl (C=O) groups excluding carboxylic acids is 1. The lowest BCUT2D eigenvalue weighted by Crippen LogP contribution is -2.28. The summed E-state index contributed by atoms with van der Waals surface area (Å²) < 4.78 is 0. The standard InChI is InChI=1S/C10H16N4OS/c1-7-11-10(13-12-7)8-2-4-14(6-8)9(15)3-5-16/h8,16H,2-6H2,1H3,(H,11,12,13). The highest BCUT2D eigenvalue weighted by Crippen LogP contribution is 2.24. The molecule has 0 aromatic carbocycles. The van der Waals surface area contributed by atoms with Gasteiger partial charge in [0.2, 0.25) is 5.91 Å². The van der Waals surface area contributed by atoms with Crippen LogP contribution in [0.4, 0.5) is 0 Å². The normalized spacial score (nSPS) is 20.4. The number of aromatic amines is 1. The van der Waals surface area contributed by atoms with Crippen LogP contribution in [-0.2, 0) is 4.79 Å². The maximum absolute atomic E-state index is 11.7. The van der Waals surface area contributed by atoms with E-state index < -0.39 is 0 Å². The van der Waals surface area contributed by atoms with Gasteiger partial charge in [0.05, 0.1) is 0 Å². The van der Waals surface area contributed by atoms with Crippen LogP contribution in [-0.4, -0.2) is 44.8 Å². The molecule has 1 aliphatic heterocycles. The highest BCUT2D eigenvalue weighted by atomic mass is 32.1. The van der Waals surface area contributed by atoms with E-state index in [0.717, 1.165) is 31.2 Å². The molecule has 1 saturated heterocycles. The summed E-state index contributed by atoms with van der Waals surface area (Å²) in [5, 5.41) is 6.99. The van der Waals surface area contributed by atoms with Crippen molar-refractivity contribution in [2.75, 3.05) is 18.8 Å². The second-order valence-corrected chi connectivity index (χ2v) is 4.53. The molecule has 0 aliphatic carbocycles. The third-order valence-corrected chi connectivity index (χ3v) is 3.07. The van der Waals surface area contributed by atoms with Gasteiger partial charge in [-0.15, -0.1) is 0 Å². The monoisotopic (exact) mass is 240 g/mol. The van der Waals surface area contributed by atoms with Gasteiger partial charge in [-0.25, -0.2) is 4.98 Å². The second-order valence-electron chi connectivity index (χ2n) is 4.08. The van der Waals surface area contributed by atoms with E-state index in [0.29, 0.717) is 12.2 Å². The van der Waals surface area contributed by atoms with Crippen LogP contribution in [0.25, 0.3) is 0 Å². The average Bonchev–Trinajstić information content (AvgIpc) is 2.85. The second kappa shape index (κ2) is 4.86. The Labute approximate surface area is 100 Å². The Morgan fingerprint density at radius 3 is 3.12 bits per heavy atom. The molecule has 1 N–H and O–H groups in total. The van der Waals surface area contributed by atoms with Crippen LogP contribution in [0.5, 0.6) is 0 Å². The molecule has 0 spiro atoms. The van der Waals surface area contributed by atoms with Crippen LogP contribution in [0.3, 0.4) is 0 Å². The summed E-state index contributed by atoms with van der Waals surface area (Å²) in [6.07, 6.45) is 1.47. The first-order chi connectivity index (χ1) is 7.70. The van der Waals surface area contributed by atoms with E-state index in [4.69, 9.17) is 0 Å². The van der Waals surface area contributed by atoms with Gasteiger partial charge in [-0.2, -0.15) is 17.7 Å². The Morgan fingerprint density at radius 1 is 1.69 bits per heavy atom. The van der Waals surface area contributed by atoms with E-state index >= 15 is 0 Å². The number of amides is 1. The summed E-state index contributed by atoms with van der Waals surface area (Å²) in [4.78, 5) is 17.9. The van der Waals surface area contributed by atoms with Crippen molar-refractivity contribution < 1.29 is 4.79 Å². The van der Waals surface area contributed by atoms with Gasteiger partial charge < -0.3 is 4.90 Å². The molecular formula is C10H16N4OS. The van der Waals surface area contributed by atoms with Crippen molar-refractivity contribution in [2.24, 2.45) is 0 Å². The minimum atomic E-state index is 0.185. The van der Waals surface area contributed by atoms with Crippen molar-refractivity contribution >= 4 is 18.5 Å². The van der Waals surface area contributed by atoms with Gasteiger partial charge in [-0.1, -0.05) is 0 Å². The van der Waals surface area contributed by atoms with E-state index in [-0.39, 0.29) is 11.8 Å². The number of aryl methyl sites for hydroxylation is 1. The zero-order valence-electron chi connectivity index (χ0n) is 9.31. The number of likely N-dealkylation sites (tertiary alicyclic amines) is 1. The number of nitrogens with one attached hydrogen (secondary N) is 1. The van der Waals surface area contributed by atoms with E-state index in [1.54, 1.807) is 0 Å². The van der Waals surface area contributed by atoms with Gasteiger partial charge in [0.15, 0.2) is 5.82 Å². The van der Waals surface area contributed by atoms with Crippen LogP contribution in [0, 0.1) is 6.92 Å². The number of H-pyrrole nitrogens is 1. The number of rotatable bonds is 3. The molecule has 2 heterocycles. The molecule has 1 fully saturated rings. The molecule has 0 saturated carbocycles. The Hall–Kier alpha value is -1.04. The molecule has 2 rings (SSSR count). The van der Waals surface area contributed by atoms with Gasteiger partial charge in [0.25, 0.3) is 0 Å². The van der Waals surface area contributed by atoms with E-state index in [9.17, 15) is 4.79 Å². The van der Waals surface area contributed by atoms with E-state index in [1.807, 2.05) is 11.8 Å². The molecule has 0 radical (unpaired) electrons. The fourth-order valence-electron chi connectivity index (χ4n) is 1.99. The predicted molar refractivity (Wildman–Crippen MR) is 63.5 cm³/mol. The maximum atomic E-state index is 11.7. The number of aromatic nitrogens is 3. The minimum Gasteiger partial charge on any atom is -0.342 e. The Morgan fingerprint density at radius 2 is 2.50 bits per heavy atom. The molecule has 1 aromatic rings. The fraction of sp³-hybridized carbons (Fsp3) is 0.700. The molecule has 1 unspecified atom stereocenters. The van der Waals surface area contributed by atoms with Crippen molar-refractivity contribution in [3.05, 3.63) is 11.6 Å². The first-order valence-electron chi connectivity index (χ1n) is 5.48. The molecule has 1 aromatic heterocycles. The first kappa shape index (κ1) is 11.4. The summed E-state index contributed by atoms with van der Waals surface area (Å²) in [5.74, 6) is 2.74. The Balaban J connectivity index is 1.95. The largest absolute Gasteiger partial charge is 0.342 e. The lowest BCUT2D eigenvalue weighted by Gasteiger charge is -2.14.